The molecule has 0 aromatic heterocycles. The molecule has 0 spiro atoms. The SMILES string of the molecule is CCCCN(CCCC)C(=S)NCCCOC. The van der Waals surface area contributed by atoms with E-state index in [-0.39, 0.29) is 0 Å². The summed E-state index contributed by atoms with van der Waals surface area (Å²) in [4.78, 5) is 2.30. The minimum atomic E-state index is 0.791. The number of rotatable bonds is 10. The van der Waals surface area contributed by atoms with E-state index in [0.717, 1.165) is 37.8 Å². The molecule has 0 amide bonds. The van der Waals surface area contributed by atoms with Gasteiger partial charge in [-0.2, -0.15) is 0 Å². The van der Waals surface area contributed by atoms with Crippen molar-refractivity contribution in [3.05, 3.63) is 0 Å². The molecule has 0 radical (unpaired) electrons. The van der Waals surface area contributed by atoms with Crippen molar-refractivity contribution >= 4 is 17.3 Å². The molecule has 0 fully saturated rings. The van der Waals surface area contributed by atoms with Gasteiger partial charge in [0, 0.05) is 33.4 Å². The highest BCUT2D eigenvalue weighted by Crippen LogP contribution is 2.00. The van der Waals surface area contributed by atoms with Crippen molar-refractivity contribution in [2.75, 3.05) is 33.4 Å². The third-order valence-corrected chi connectivity index (χ3v) is 3.05. The highest BCUT2D eigenvalue weighted by molar-refractivity contribution is 7.80. The number of hydrogen-bond acceptors (Lipinski definition) is 2. The van der Waals surface area contributed by atoms with E-state index in [1.807, 2.05) is 0 Å². The first kappa shape index (κ1) is 16.6. The molecule has 17 heavy (non-hydrogen) atoms. The maximum absolute atomic E-state index is 5.43. The lowest BCUT2D eigenvalue weighted by Crippen LogP contribution is -2.41. The van der Waals surface area contributed by atoms with Gasteiger partial charge in [0.25, 0.3) is 0 Å². The van der Waals surface area contributed by atoms with Gasteiger partial charge in [0.1, 0.15) is 0 Å². The van der Waals surface area contributed by atoms with Crippen molar-refractivity contribution in [1.29, 1.82) is 0 Å². The Morgan fingerprint density at radius 3 is 2.18 bits per heavy atom. The number of nitrogens with one attached hydrogen (secondary N) is 1. The van der Waals surface area contributed by atoms with Crippen LogP contribution in [0.1, 0.15) is 46.0 Å². The normalized spacial score (nSPS) is 10.3. The van der Waals surface area contributed by atoms with Crippen molar-refractivity contribution in [1.82, 2.24) is 10.2 Å². The summed E-state index contributed by atoms with van der Waals surface area (Å²) in [5, 5.41) is 4.22. The number of hydrogen-bond donors (Lipinski definition) is 1. The summed E-state index contributed by atoms with van der Waals surface area (Å²) in [6.45, 7) is 8.28. The molecule has 0 aliphatic heterocycles. The zero-order valence-corrected chi connectivity index (χ0v) is 12.4. The summed E-state index contributed by atoms with van der Waals surface area (Å²) >= 11 is 5.43. The van der Waals surface area contributed by atoms with Gasteiger partial charge >= 0.3 is 0 Å². The summed E-state index contributed by atoms with van der Waals surface area (Å²) in [6.07, 6.45) is 5.86. The molecular formula is C13H28N2OS. The first-order valence-electron chi connectivity index (χ1n) is 6.77. The summed E-state index contributed by atoms with van der Waals surface area (Å²) in [6, 6.07) is 0. The highest BCUT2D eigenvalue weighted by Gasteiger charge is 2.07. The van der Waals surface area contributed by atoms with Crippen molar-refractivity contribution in [3.63, 3.8) is 0 Å². The van der Waals surface area contributed by atoms with Crippen LogP contribution in [0.25, 0.3) is 0 Å². The number of thiocarbonyl (C=S) groups is 1. The second kappa shape index (κ2) is 12.1. The van der Waals surface area contributed by atoms with Crippen molar-refractivity contribution in [2.45, 2.75) is 46.0 Å². The van der Waals surface area contributed by atoms with Crippen LogP contribution in [-0.4, -0.2) is 43.4 Å². The van der Waals surface area contributed by atoms with Gasteiger partial charge in [0.05, 0.1) is 0 Å². The number of methoxy groups -OCH3 is 1. The molecule has 4 heteroatoms. The van der Waals surface area contributed by atoms with E-state index in [1.54, 1.807) is 7.11 Å². The smallest absolute Gasteiger partial charge is 0.168 e. The van der Waals surface area contributed by atoms with Gasteiger partial charge in [-0.3, -0.25) is 0 Å². The predicted molar refractivity (Wildman–Crippen MR) is 78.5 cm³/mol. The van der Waals surface area contributed by atoms with Crippen molar-refractivity contribution < 1.29 is 4.74 Å². The zero-order valence-electron chi connectivity index (χ0n) is 11.6. The van der Waals surface area contributed by atoms with Crippen LogP contribution in [0.2, 0.25) is 0 Å². The van der Waals surface area contributed by atoms with Crippen LogP contribution in [0.4, 0.5) is 0 Å². The molecule has 1 N–H and O–H groups in total. The fraction of sp³-hybridized carbons (Fsp3) is 0.923. The van der Waals surface area contributed by atoms with Crippen LogP contribution >= 0.6 is 12.2 Å². The second-order valence-electron chi connectivity index (χ2n) is 4.27. The topological polar surface area (TPSA) is 24.5 Å². The van der Waals surface area contributed by atoms with Gasteiger partial charge < -0.3 is 15.0 Å². The molecule has 0 aliphatic carbocycles. The van der Waals surface area contributed by atoms with Crippen molar-refractivity contribution in [2.24, 2.45) is 0 Å². The Kier molecular flexibility index (Phi) is 11.9. The largest absolute Gasteiger partial charge is 0.385 e. The van der Waals surface area contributed by atoms with Crippen LogP contribution in [-0.2, 0) is 4.74 Å². The van der Waals surface area contributed by atoms with E-state index in [2.05, 4.69) is 24.1 Å². The van der Waals surface area contributed by atoms with E-state index >= 15 is 0 Å². The Morgan fingerprint density at radius 2 is 1.71 bits per heavy atom. The maximum atomic E-state index is 5.43. The number of ether oxygens (including phenoxy) is 1. The number of nitrogens with zero attached hydrogens (tertiary/aromatic N) is 1. The summed E-state index contributed by atoms with van der Waals surface area (Å²) in [5.74, 6) is 0. The molecule has 0 heterocycles. The monoisotopic (exact) mass is 260 g/mol. The predicted octanol–water partition coefficient (Wildman–Crippen LogP) is 2.80. The first-order chi connectivity index (χ1) is 8.26. The Balaban J connectivity index is 3.85. The Labute approximate surface area is 112 Å². The van der Waals surface area contributed by atoms with E-state index in [1.165, 1.54) is 25.7 Å². The molecule has 0 rings (SSSR count). The lowest BCUT2D eigenvalue weighted by Gasteiger charge is -2.25. The van der Waals surface area contributed by atoms with Gasteiger partial charge in [-0.05, 0) is 31.5 Å². The molecule has 0 saturated carbocycles. The molecule has 0 aromatic carbocycles. The minimum Gasteiger partial charge on any atom is -0.385 e. The van der Waals surface area contributed by atoms with Gasteiger partial charge in [0.15, 0.2) is 5.11 Å². The maximum Gasteiger partial charge on any atom is 0.168 e. The molecule has 0 bridgehead atoms. The standard InChI is InChI=1S/C13H28N2OS/c1-4-6-10-15(11-7-5-2)13(17)14-9-8-12-16-3/h4-12H2,1-3H3,(H,14,17). The third-order valence-electron chi connectivity index (χ3n) is 2.65. The minimum absolute atomic E-state index is 0.791. The quantitative estimate of drug-likeness (QED) is 0.482. The molecule has 0 atom stereocenters. The molecular weight excluding hydrogens is 232 g/mol. The van der Waals surface area contributed by atoms with Gasteiger partial charge in [-0.1, -0.05) is 26.7 Å². The summed E-state index contributed by atoms with van der Waals surface area (Å²) in [5.41, 5.74) is 0. The Morgan fingerprint density at radius 1 is 1.12 bits per heavy atom. The lowest BCUT2D eigenvalue weighted by atomic mass is 10.3. The van der Waals surface area contributed by atoms with Gasteiger partial charge in [-0.15, -0.1) is 0 Å². The Bertz CT molecular complexity index is 180. The highest BCUT2D eigenvalue weighted by atomic mass is 32.1. The van der Waals surface area contributed by atoms with Crippen molar-refractivity contribution in [3.8, 4) is 0 Å². The average molecular weight is 260 g/mol. The van der Waals surface area contributed by atoms with Crippen LogP contribution in [0, 0.1) is 0 Å². The fourth-order valence-corrected chi connectivity index (χ4v) is 1.82. The lowest BCUT2D eigenvalue weighted by molar-refractivity contribution is 0.195. The van der Waals surface area contributed by atoms with E-state index in [9.17, 15) is 0 Å². The van der Waals surface area contributed by atoms with Crippen LogP contribution < -0.4 is 5.32 Å². The molecule has 3 nitrogen and oxygen atoms in total. The van der Waals surface area contributed by atoms with Gasteiger partial charge in [0.2, 0.25) is 0 Å². The first-order valence-corrected chi connectivity index (χ1v) is 7.18. The van der Waals surface area contributed by atoms with Gasteiger partial charge in [-0.25, -0.2) is 0 Å². The average Bonchev–Trinajstić information content (AvgIpc) is 2.34. The van der Waals surface area contributed by atoms with Crippen LogP contribution in [0.5, 0.6) is 0 Å². The molecule has 0 aromatic rings. The van der Waals surface area contributed by atoms with Crippen LogP contribution in [0.3, 0.4) is 0 Å². The summed E-state index contributed by atoms with van der Waals surface area (Å²) in [7, 11) is 1.73. The second-order valence-corrected chi connectivity index (χ2v) is 4.66. The third kappa shape index (κ3) is 9.36. The fourth-order valence-electron chi connectivity index (χ4n) is 1.54. The molecule has 0 unspecified atom stereocenters. The molecule has 0 aliphatic rings. The summed E-state index contributed by atoms with van der Waals surface area (Å²) < 4.78 is 5.02. The molecule has 0 saturated heterocycles. The van der Waals surface area contributed by atoms with E-state index in [4.69, 9.17) is 17.0 Å². The zero-order chi connectivity index (χ0) is 12.9. The molecule has 102 valence electrons. The Hall–Kier alpha value is -0.350. The number of unbranched alkanes of at least 4 members (excludes halogenated alkanes) is 2. The van der Waals surface area contributed by atoms with E-state index < -0.39 is 0 Å². The van der Waals surface area contributed by atoms with Crippen LogP contribution in [0.15, 0.2) is 0 Å². The van der Waals surface area contributed by atoms with E-state index in [0.29, 0.717) is 0 Å².